The van der Waals surface area contributed by atoms with Crippen molar-refractivity contribution in [3.05, 3.63) is 64.0 Å². The summed E-state index contributed by atoms with van der Waals surface area (Å²) in [6.07, 6.45) is 8.58. The first-order chi connectivity index (χ1) is 23.0. The molecule has 48 heavy (non-hydrogen) atoms. The lowest BCUT2D eigenvalue weighted by Crippen LogP contribution is -2.48. The highest BCUT2D eigenvalue weighted by Crippen LogP contribution is 2.31. The number of aryl methyl sites for hydroxylation is 1. The Bertz CT molecular complexity index is 1730. The normalized spacial score (nSPS) is 15.6. The number of nitrogens with zero attached hydrogens (tertiary/aromatic N) is 4. The van der Waals surface area contributed by atoms with Gasteiger partial charge >= 0.3 is 0 Å². The number of carbonyl (C=O) groups excluding carboxylic acids is 2. The number of nitrogens with one attached hydrogen (secondary N) is 3. The molecule has 5 rings (SSSR count). The van der Waals surface area contributed by atoms with Crippen LogP contribution >= 0.6 is 15.9 Å². The Morgan fingerprint density at radius 3 is 2.52 bits per heavy atom. The maximum atomic E-state index is 14.2. The van der Waals surface area contributed by atoms with Gasteiger partial charge in [0.1, 0.15) is 11.6 Å². The fourth-order valence-corrected chi connectivity index (χ4v) is 7.27. The van der Waals surface area contributed by atoms with Gasteiger partial charge in [-0.2, -0.15) is 4.98 Å². The van der Waals surface area contributed by atoms with E-state index in [1.165, 1.54) is 43.7 Å². The molecule has 2 heterocycles. The van der Waals surface area contributed by atoms with Crippen molar-refractivity contribution in [1.29, 1.82) is 0 Å². The Hall–Kier alpha value is -3.66. The number of nitrogens with two attached hydrogens (primary N) is 1. The third-order valence-corrected chi connectivity index (χ3v) is 11.0. The summed E-state index contributed by atoms with van der Waals surface area (Å²) in [4.78, 5) is 37.5. The Labute approximate surface area is 289 Å². The quantitative estimate of drug-likeness (QED) is 0.156. The zero-order chi connectivity index (χ0) is 34.3. The molecule has 1 aliphatic carbocycles. The number of anilines is 4. The first-order valence-electron chi connectivity index (χ1n) is 16.3. The molecule has 1 saturated carbocycles. The molecule has 0 unspecified atom stereocenters. The monoisotopic (exact) mass is 744 g/mol. The molecule has 2 fully saturated rings. The number of sulfonamides is 1. The molecule has 1 aromatic heterocycles. The van der Waals surface area contributed by atoms with E-state index in [0.29, 0.717) is 35.1 Å². The lowest BCUT2D eigenvalue weighted by Gasteiger charge is -2.35. The summed E-state index contributed by atoms with van der Waals surface area (Å²) in [7, 11) is -3.72. The average Bonchev–Trinajstić information content (AvgIpc) is 3.02. The van der Waals surface area contributed by atoms with Crippen molar-refractivity contribution in [2.24, 2.45) is 11.7 Å². The van der Waals surface area contributed by atoms with E-state index >= 15 is 0 Å². The van der Waals surface area contributed by atoms with Crippen LogP contribution in [-0.2, 0) is 14.8 Å². The van der Waals surface area contributed by atoms with Gasteiger partial charge < -0.3 is 21.3 Å². The SMILES string of the molecule is Cc1cc(S(=O)(=O)NCCCCN2CCN(C(=O)CCC3CCC3)CC2)ccc1Nc1ncc(Br)c(Nc2cccc(F)c2C(N)=O)n1. The van der Waals surface area contributed by atoms with Crippen LogP contribution in [0.15, 0.2) is 52.0 Å². The fourth-order valence-electron chi connectivity index (χ4n) is 5.82. The minimum atomic E-state index is -3.72. The van der Waals surface area contributed by atoms with Crippen molar-refractivity contribution in [1.82, 2.24) is 24.5 Å². The number of unbranched alkanes of at least 4 members (excludes halogenated alkanes) is 1. The smallest absolute Gasteiger partial charge is 0.253 e. The second-order valence-corrected chi connectivity index (χ2v) is 14.9. The molecule has 0 bridgehead atoms. The lowest BCUT2D eigenvalue weighted by atomic mass is 9.82. The van der Waals surface area contributed by atoms with Gasteiger partial charge in [0, 0.05) is 51.0 Å². The van der Waals surface area contributed by atoms with E-state index in [1.807, 2.05) is 4.90 Å². The van der Waals surface area contributed by atoms with Gasteiger partial charge in [-0.1, -0.05) is 25.3 Å². The number of halogens is 2. The number of rotatable bonds is 15. The molecule has 3 aromatic rings. The maximum Gasteiger partial charge on any atom is 0.253 e. The van der Waals surface area contributed by atoms with E-state index in [-0.39, 0.29) is 33.8 Å². The van der Waals surface area contributed by atoms with Crippen LogP contribution in [0.3, 0.4) is 0 Å². The van der Waals surface area contributed by atoms with E-state index in [1.54, 1.807) is 19.1 Å². The van der Waals surface area contributed by atoms with Crippen molar-refractivity contribution >= 4 is 60.9 Å². The zero-order valence-electron chi connectivity index (χ0n) is 27.0. The summed E-state index contributed by atoms with van der Waals surface area (Å²) >= 11 is 3.35. The molecule has 0 radical (unpaired) electrons. The minimum Gasteiger partial charge on any atom is -0.365 e. The molecule has 0 atom stereocenters. The van der Waals surface area contributed by atoms with Crippen LogP contribution in [0.5, 0.6) is 0 Å². The van der Waals surface area contributed by atoms with Crippen molar-refractivity contribution in [2.45, 2.75) is 56.8 Å². The molecule has 258 valence electrons. The number of benzene rings is 2. The maximum absolute atomic E-state index is 14.2. The van der Waals surface area contributed by atoms with Gasteiger partial charge in [0.25, 0.3) is 5.91 Å². The van der Waals surface area contributed by atoms with E-state index in [2.05, 4.69) is 46.2 Å². The number of amides is 2. The Morgan fingerprint density at radius 1 is 1.06 bits per heavy atom. The Kier molecular flexibility index (Phi) is 12.0. The number of hydrogen-bond donors (Lipinski definition) is 4. The van der Waals surface area contributed by atoms with Gasteiger partial charge in [0.05, 0.1) is 20.6 Å². The molecule has 5 N–H and O–H groups in total. The highest BCUT2D eigenvalue weighted by atomic mass is 79.9. The highest BCUT2D eigenvalue weighted by Gasteiger charge is 2.24. The van der Waals surface area contributed by atoms with Crippen molar-refractivity contribution in [3.8, 4) is 0 Å². The summed E-state index contributed by atoms with van der Waals surface area (Å²) in [6.45, 7) is 6.20. The summed E-state index contributed by atoms with van der Waals surface area (Å²) in [5.41, 5.74) is 6.45. The van der Waals surface area contributed by atoms with Crippen LogP contribution in [0.2, 0.25) is 0 Å². The van der Waals surface area contributed by atoms with Crippen LogP contribution in [0, 0.1) is 18.7 Å². The molecule has 1 saturated heterocycles. The largest absolute Gasteiger partial charge is 0.365 e. The average molecular weight is 746 g/mol. The predicted molar refractivity (Wildman–Crippen MR) is 186 cm³/mol. The Morgan fingerprint density at radius 2 is 1.83 bits per heavy atom. The standard InChI is InChI=1S/C33H42BrFN8O4S/c1-22-20-24(48(46,47)38-14-2-3-15-42-16-18-43(19-17-42)29(44)13-10-23-6-4-7-23)11-12-27(22)40-33-37-21-25(34)32(41-33)39-28-9-5-8-26(35)30(28)31(36)45/h5,8-9,11-12,20-21,23,38H,2-4,6-7,10,13-19H2,1H3,(H2,36,45)(H2,37,39,40,41). The van der Waals surface area contributed by atoms with Crippen LogP contribution < -0.4 is 21.1 Å². The van der Waals surface area contributed by atoms with Crippen molar-refractivity contribution < 1.29 is 22.4 Å². The number of primary amides is 1. The molecule has 15 heteroatoms. The first-order valence-corrected chi connectivity index (χ1v) is 18.5. The topological polar surface area (TPSA) is 163 Å². The van der Waals surface area contributed by atoms with Gasteiger partial charge in [-0.3, -0.25) is 14.5 Å². The molecule has 2 amide bonds. The summed E-state index contributed by atoms with van der Waals surface area (Å²) < 4.78 is 43.4. The fraction of sp³-hybridized carbons (Fsp3) is 0.455. The first kappa shape index (κ1) is 35.6. The zero-order valence-corrected chi connectivity index (χ0v) is 29.4. The molecular weight excluding hydrogens is 703 g/mol. The van der Waals surface area contributed by atoms with Gasteiger partial charge in [0.2, 0.25) is 21.9 Å². The molecule has 0 spiro atoms. The molecule has 2 aromatic carbocycles. The summed E-state index contributed by atoms with van der Waals surface area (Å²) in [5.74, 6) is -0.208. The van der Waals surface area contributed by atoms with Crippen molar-refractivity contribution in [3.63, 3.8) is 0 Å². The van der Waals surface area contributed by atoms with E-state index in [9.17, 15) is 22.4 Å². The van der Waals surface area contributed by atoms with Crippen molar-refractivity contribution in [2.75, 3.05) is 49.9 Å². The third kappa shape index (κ3) is 9.27. The number of carbonyl (C=O) groups is 2. The molecule has 1 aliphatic heterocycles. The van der Waals surface area contributed by atoms with Crippen LogP contribution in [0.4, 0.5) is 27.5 Å². The molecule has 2 aliphatic rings. The summed E-state index contributed by atoms with van der Waals surface area (Å²) in [5, 5.41) is 5.99. The number of hydrogen-bond acceptors (Lipinski definition) is 9. The Balaban J connectivity index is 1.08. The second kappa shape index (κ2) is 16.2. The van der Waals surface area contributed by atoms with Gasteiger partial charge in [0.15, 0.2) is 0 Å². The van der Waals surface area contributed by atoms with Crippen LogP contribution in [0.25, 0.3) is 0 Å². The van der Waals surface area contributed by atoms with Gasteiger partial charge in [-0.25, -0.2) is 22.5 Å². The van der Waals surface area contributed by atoms with E-state index in [4.69, 9.17) is 5.73 Å². The number of aromatic nitrogens is 2. The van der Waals surface area contributed by atoms with E-state index < -0.39 is 21.7 Å². The molecule has 12 nitrogen and oxygen atoms in total. The third-order valence-electron chi connectivity index (χ3n) is 8.92. The lowest BCUT2D eigenvalue weighted by molar-refractivity contribution is -0.133. The second-order valence-electron chi connectivity index (χ2n) is 12.3. The summed E-state index contributed by atoms with van der Waals surface area (Å²) in [6, 6.07) is 8.80. The number of piperazine rings is 1. The van der Waals surface area contributed by atoms with Gasteiger partial charge in [-0.05, 0) is 90.5 Å². The van der Waals surface area contributed by atoms with Crippen LogP contribution in [0.1, 0.15) is 60.9 Å². The highest BCUT2D eigenvalue weighted by molar-refractivity contribution is 9.10. The molecular formula is C33H42BrFN8O4S. The predicted octanol–water partition coefficient (Wildman–Crippen LogP) is 5.06. The minimum absolute atomic E-state index is 0.145. The van der Waals surface area contributed by atoms with Crippen LogP contribution in [-0.4, -0.2) is 79.3 Å². The van der Waals surface area contributed by atoms with E-state index in [0.717, 1.165) is 57.5 Å². The van der Waals surface area contributed by atoms with Gasteiger partial charge in [-0.15, -0.1) is 0 Å².